The van der Waals surface area contributed by atoms with Crippen LogP contribution < -0.4 is 15.5 Å². The van der Waals surface area contributed by atoms with Crippen LogP contribution in [0, 0.1) is 0 Å². The smallest absolute Gasteiger partial charge is 0.259 e. The van der Waals surface area contributed by atoms with Crippen LogP contribution in [-0.4, -0.2) is 13.0 Å². The predicted octanol–water partition coefficient (Wildman–Crippen LogP) is 5.37. The first-order valence-corrected chi connectivity index (χ1v) is 9.22. The fraction of sp³-hybridized carbons (Fsp3) is 0.0435. The lowest BCUT2D eigenvalue weighted by Gasteiger charge is -2.10. The molecule has 6 heteroatoms. The summed E-state index contributed by atoms with van der Waals surface area (Å²) in [6.45, 7) is 0. The van der Waals surface area contributed by atoms with E-state index in [1.165, 1.54) is 13.2 Å². The van der Waals surface area contributed by atoms with Gasteiger partial charge in [-0.15, -0.1) is 0 Å². The Morgan fingerprint density at radius 3 is 2.55 bits per heavy atom. The van der Waals surface area contributed by atoms with Crippen LogP contribution in [0.5, 0.6) is 5.75 Å². The van der Waals surface area contributed by atoms with Crippen LogP contribution in [0.25, 0.3) is 22.3 Å². The van der Waals surface area contributed by atoms with Crippen molar-refractivity contribution >= 4 is 34.2 Å². The van der Waals surface area contributed by atoms with Gasteiger partial charge in [-0.05, 0) is 42.5 Å². The molecule has 0 saturated carbocycles. The number of nitrogens with one attached hydrogen (secondary N) is 1. The van der Waals surface area contributed by atoms with Crippen molar-refractivity contribution in [2.75, 3.05) is 12.4 Å². The molecule has 1 N–H and O–H groups in total. The van der Waals surface area contributed by atoms with Crippen LogP contribution in [0.1, 0.15) is 10.4 Å². The van der Waals surface area contributed by atoms with Gasteiger partial charge in [0.05, 0.1) is 23.1 Å². The molecular weight excluding hydrogens is 390 g/mol. The quantitative estimate of drug-likeness (QED) is 0.495. The minimum Gasteiger partial charge on any atom is -0.496 e. The zero-order chi connectivity index (χ0) is 20.4. The molecule has 1 aromatic heterocycles. The molecule has 29 heavy (non-hydrogen) atoms. The number of fused-ring (bicyclic) bond motifs is 1. The van der Waals surface area contributed by atoms with Gasteiger partial charge < -0.3 is 14.5 Å². The number of hydrogen-bond donors (Lipinski definition) is 1. The lowest BCUT2D eigenvalue weighted by Crippen LogP contribution is -2.13. The van der Waals surface area contributed by atoms with Crippen molar-refractivity contribution in [1.29, 1.82) is 0 Å². The maximum absolute atomic E-state index is 12.7. The Morgan fingerprint density at radius 2 is 1.76 bits per heavy atom. The molecule has 0 aliphatic carbocycles. The molecule has 0 radical (unpaired) electrons. The van der Waals surface area contributed by atoms with Gasteiger partial charge in [-0.2, -0.15) is 0 Å². The van der Waals surface area contributed by atoms with Gasteiger partial charge in [-0.3, -0.25) is 9.59 Å². The van der Waals surface area contributed by atoms with Crippen molar-refractivity contribution in [1.82, 2.24) is 0 Å². The Hall–Kier alpha value is -3.57. The monoisotopic (exact) mass is 405 g/mol. The number of para-hydroxylation sites is 1. The van der Waals surface area contributed by atoms with Crippen molar-refractivity contribution in [3.8, 4) is 17.1 Å². The topological polar surface area (TPSA) is 68.5 Å². The van der Waals surface area contributed by atoms with E-state index in [1.54, 1.807) is 54.6 Å². The molecule has 0 aliphatic heterocycles. The molecule has 144 valence electrons. The number of ether oxygens (including phenoxy) is 1. The van der Waals surface area contributed by atoms with Gasteiger partial charge in [0.1, 0.15) is 17.1 Å². The highest BCUT2D eigenvalue weighted by atomic mass is 35.5. The summed E-state index contributed by atoms with van der Waals surface area (Å²) in [4.78, 5) is 25.2. The molecule has 0 saturated heterocycles. The molecule has 0 unspecified atom stereocenters. The number of methoxy groups -OCH3 is 1. The molecule has 4 aromatic rings. The van der Waals surface area contributed by atoms with E-state index >= 15 is 0 Å². The number of hydrogen-bond acceptors (Lipinski definition) is 4. The zero-order valence-corrected chi connectivity index (χ0v) is 16.2. The summed E-state index contributed by atoms with van der Waals surface area (Å²) >= 11 is 6.21. The lowest BCUT2D eigenvalue weighted by atomic mass is 10.1. The van der Waals surface area contributed by atoms with E-state index in [1.807, 2.05) is 12.1 Å². The van der Waals surface area contributed by atoms with E-state index in [4.69, 9.17) is 20.8 Å². The number of amides is 1. The van der Waals surface area contributed by atoms with Gasteiger partial charge in [-0.25, -0.2) is 0 Å². The first-order valence-electron chi connectivity index (χ1n) is 8.84. The Kier molecular flexibility index (Phi) is 5.06. The molecule has 3 aromatic carbocycles. The van der Waals surface area contributed by atoms with Crippen LogP contribution in [0.2, 0.25) is 5.02 Å². The summed E-state index contributed by atoms with van der Waals surface area (Å²) in [6, 6.07) is 20.4. The van der Waals surface area contributed by atoms with Crippen LogP contribution in [0.4, 0.5) is 5.69 Å². The second-order valence-corrected chi connectivity index (χ2v) is 6.73. The molecule has 0 atom stereocenters. The second-order valence-electron chi connectivity index (χ2n) is 6.32. The van der Waals surface area contributed by atoms with Crippen LogP contribution in [0.15, 0.2) is 82.0 Å². The predicted molar refractivity (Wildman–Crippen MR) is 114 cm³/mol. The van der Waals surface area contributed by atoms with Crippen molar-refractivity contribution < 1.29 is 13.9 Å². The standard InChI is InChI=1S/C23H16ClNO4/c1-28-20-9-5-3-7-16(20)23(27)25-14-10-11-21-17(12-14)19(26)13-22(29-21)15-6-2-4-8-18(15)24/h2-13H,1H3,(H,25,27). The number of halogens is 1. The zero-order valence-electron chi connectivity index (χ0n) is 15.4. The van der Waals surface area contributed by atoms with E-state index in [9.17, 15) is 9.59 Å². The summed E-state index contributed by atoms with van der Waals surface area (Å²) in [7, 11) is 1.50. The van der Waals surface area contributed by atoms with E-state index in [0.717, 1.165) is 0 Å². The minimum absolute atomic E-state index is 0.227. The third kappa shape index (κ3) is 3.73. The van der Waals surface area contributed by atoms with Gasteiger partial charge in [0.2, 0.25) is 0 Å². The Labute approximate surface area is 171 Å². The molecule has 0 fully saturated rings. The Balaban J connectivity index is 1.69. The highest BCUT2D eigenvalue weighted by Crippen LogP contribution is 2.29. The van der Waals surface area contributed by atoms with Gasteiger partial charge >= 0.3 is 0 Å². The lowest BCUT2D eigenvalue weighted by molar-refractivity contribution is 0.102. The van der Waals surface area contributed by atoms with Crippen molar-refractivity contribution in [2.24, 2.45) is 0 Å². The summed E-state index contributed by atoms with van der Waals surface area (Å²) in [6.07, 6.45) is 0. The molecule has 1 amide bonds. The van der Waals surface area contributed by atoms with Gasteiger partial charge in [-0.1, -0.05) is 35.9 Å². The molecule has 1 heterocycles. The minimum atomic E-state index is -0.334. The molecular formula is C23H16ClNO4. The maximum Gasteiger partial charge on any atom is 0.259 e. The second kappa shape index (κ2) is 7.81. The first kappa shape index (κ1) is 18.8. The number of carbonyl (C=O) groups is 1. The molecule has 5 nitrogen and oxygen atoms in total. The van der Waals surface area contributed by atoms with Crippen LogP contribution in [-0.2, 0) is 0 Å². The summed E-state index contributed by atoms with van der Waals surface area (Å²) in [5.74, 6) is 0.521. The van der Waals surface area contributed by atoms with Crippen molar-refractivity contribution in [3.63, 3.8) is 0 Å². The fourth-order valence-corrected chi connectivity index (χ4v) is 3.29. The van der Waals surface area contributed by atoms with Gasteiger partial charge in [0.15, 0.2) is 5.43 Å². The number of carbonyl (C=O) groups excluding carboxylic acids is 1. The normalized spacial score (nSPS) is 10.7. The third-order valence-electron chi connectivity index (χ3n) is 4.48. The molecule has 4 rings (SSSR count). The summed E-state index contributed by atoms with van der Waals surface area (Å²) in [5, 5.41) is 3.64. The van der Waals surface area contributed by atoms with Gasteiger partial charge in [0, 0.05) is 17.3 Å². The van der Waals surface area contributed by atoms with Crippen LogP contribution >= 0.6 is 11.6 Å². The maximum atomic E-state index is 12.7. The largest absolute Gasteiger partial charge is 0.496 e. The van der Waals surface area contributed by atoms with E-state index < -0.39 is 0 Å². The Bertz CT molecular complexity index is 1280. The van der Waals surface area contributed by atoms with Gasteiger partial charge in [0.25, 0.3) is 5.91 Å². The third-order valence-corrected chi connectivity index (χ3v) is 4.81. The molecule has 0 spiro atoms. The molecule has 0 bridgehead atoms. The number of benzene rings is 3. The number of rotatable bonds is 4. The first-order chi connectivity index (χ1) is 14.1. The summed E-state index contributed by atoms with van der Waals surface area (Å²) < 4.78 is 11.1. The Morgan fingerprint density at radius 1 is 1.00 bits per heavy atom. The highest BCUT2D eigenvalue weighted by Gasteiger charge is 2.14. The average molecular weight is 406 g/mol. The fourth-order valence-electron chi connectivity index (χ4n) is 3.06. The SMILES string of the molecule is COc1ccccc1C(=O)Nc1ccc2oc(-c3ccccc3Cl)cc(=O)c2c1. The average Bonchev–Trinajstić information content (AvgIpc) is 2.74. The van der Waals surface area contributed by atoms with Crippen LogP contribution in [0.3, 0.4) is 0 Å². The molecule has 0 aliphatic rings. The number of anilines is 1. The van der Waals surface area contributed by atoms with E-state index in [-0.39, 0.29) is 11.3 Å². The van der Waals surface area contributed by atoms with Crippen molar-refractivity contribution in [3.05, 3.63) is 93.6 Å². The highest BCUT2D eigenvalue weighted by molar-refractivity contribution is 6.33. The van der Waals surface area contributed by atoms with E-state index in [0.29, 0.717) is 44.3 Å². The summed E-state index contributed by atoms with van der Waals surface area (Å²) in [5.41, 5.74) is 1.70. The van der Waals surface area contributed by atoms with E-state index in [2.05, 4.69) is 5.32 Å². The van der Waals surface area contributed by atoms with Crippen molar-refractivity contribution in [2.45, 2.75) is 0 Å².